The third kappa shape index (κ3) is 46.0. The molecule has 2 bridgehead atoms. The lowest BCUT2D eigenvalue weighted by Crippen LogP contribution is -2.60. The van der Waals surface area contributed by atoms with Crippen LogP contribution in [0.1, 0.15) is 63.0 Å². The van der Waals surface area contributed by atoms with Crippen molar-refractivity contribution in [2.75, 3.05) is 175 Å². The largest absolute Gasteiger partial charge is 0.481 e. The van der Waals surface area contributed by atoms with Gasteiger partial charge in [0.2, 0.25) is 65.0 Å². The van der Waals surface area contributed by atoms with Gasteiger partial charge in [0.1, 0.15) is 61.3 Å². The average molecular weight is 1660 g/mol. The summed E-state index contributed by atoms with van der Waals surface area (Å²) in [6, 6.07) is 3.46. The minimum Gasteiger partial charge on any atom is -0.481 e. The molecule has 630 valence electrons. The van der Waals surface area contributed by atoms with Crippen molar-refractivity contribution in [2.45, 2.75) is 101 Å². The lowest BCUT2D eigenvalue weighted by Gasteiger charge is -2.27. The summed E-state index contributed by atoms with van der Waals surface area (Å²) >= 11 is 0.900. The Bertz CT molecular complexity index is 3300. The molecule has 12 amide bonds. The van der Waals surface area contributed by atoms with E-state index in [0.29, 0.717) is 64.0 Å². The van der Waals surface area contributed by atoms with Crippen molar-refractivity contribution in [3.05, 3.63) is 71.5 Å². The van der Waals surface area contributed by atoms with Gasteiger partial charge in [-0.1, -0.05) is 76.1 Å². The number of thioether (sulfide) groups is 1. The van der Waals surface area contributed by atoms with Crippen LogP contribution in [0.2, 0.25) is 0 Å². The van der Waals surface area contributed by atoms with E-state index in [1.54, 1.807) is 30.3 Å². The molecule has 0 unspecified atom stereocenters. The van der Waals surface area contributed by atoms with Crippen molar-refractivity contribution in [1.29, 1.82) is 5.41 Å². The standard InChI is InChI=1S/C70H107FN16O23S3/c1-2-22-102-26-27-105-25-21-77-64(96)54-43-111-46-61(92)81-51(11-6-7-17-74-58(89)40-109-41-59(90)75-19-23-103-28-30-106-32-34-108-35-33-107-31-29-104-24-20-76-60(91)42-110-80-38-48-13-15-49(71)16-14-48)65(97)86-55-44-112-113-45-56(69(101)84-52(66(98)85-54)36-47-9-4-3-5-10-47)87-67(99)53(37-62(93)94)82-57(88)39-79-63(95)50(83-68(55)100)12-8-18-78-70(72)73/h3-5,9-10,13-16,38,50-56H,2,6-8,11-12,17-37,39-46H2,1H3,(H,74,89)(H,75,90)(H,76,91)(H,77,96)(H,79,95)(H,81,92)(H,82,88)(H,83,100)(H,84,101)(H,85,98)(H,86,97)(H,87,99)(H,93,94)(H4,72,73,78)/b80-38+/t50-,51-,52-,53-,54-,55-,56-/m0/s1. The summed E-state index contributed by atoms with van der Waals surface area (Å²) in [5, 5.41) is 54.8. The van der Waals surface area contributed by atoms with Gasteiger partial charge in [0.15, 0.2) is 12.6 Å². The van der Waals surface area contributed by atoms with Crippen LogP contribution in [0.15, 0.2) is 59.8 Å². The number of carboxylic acids is 1. The number of aliphatic carboxylic acids is 1. The number of fused-ring (bicyclic) bond motifs is 5. The minimum atomic E-state index is -1.83. The Morgan fingerprint density at radius 1 is 0.522 bits per heavy atom. The number of nitrogens with zero attached hydrogens (tertiary/aromatic N) is 1. The fourth-order valence-electron chi connectivity index (χ4n) is 9.87. The molecule has 4 rings (SSSR count). The van der Waals surface area contributed by atoms with E-state index < -0.39 is 145 Å². The first-order chi connectivity index (χ1) is 54.6. The maximum Gasteiger partial charge on any atom is 0.305 e. The maximum absolute atomic E-state index is 14.6. The van der Waals surface area contributed by atoms with E-state index in [1.165, 1.54) is 30.5 Å². The van der Waals surface area contributed by atoms with Crippen LogP contribution in [0, 0.1) is 11.2 Å². The Kier molecular flexibility index (Phi) is 50.8. The van der Waals surface area contributed by atoms with Crippen molar-refractivity contribution in [3.63, 3.8) is 0 Å². The molecule has 0 aliphatic carbocycles. The van der Waals surface area contributed by atoms with Crippen LogP contribution in [0.4, 0.5) is 4.39 Å². The summed E-state index contributed by atoms with van der Waals surface area (Å²) in [5.74, 6) is -13.3. The zero-order valence-corrected chi connectivity index (χ0v) is 65.6. The molecule has 2 aromatic rings. The molecule has 2 fully saturated rings. The van der Waals surface area contributed by atoms with E-state index in [0.717, 1.165) is 39.8 Å². The van der Waals surface area contributed by atoms with E-state index in [-0.39, 0.29) is 152 Å². The van der Waals surface area contributed by atoms with Crippen LogP contribution in [0.3, 0.4) is 0 Å². The zero-order valence-electron chi connectivity index (χ0n) is 63.1. The second-order valence-electron chi connectivity index (χ2n) is 24.8. The molecule has 17 N–H and O–H groups in total. The number of oxime groups is 1. The van der Waals surface area contributed by atoms with Gasteiger partial charge in [0.25, 0.3) is 5.91 Å². The predicted molar refractivity (Wildman–Crippen MR) is 413 cm³/mol. The number of carbonyl (C=O) groups excluding carboxylic acids is 12. The number of nitrogens with one attached hydrogen (secondary N) is 14. The number of hydrogen-bond donors (Lipinski definition) is 16. The van der Waals surface area contributed by atoms with Crippen LogP contribution in [0.25, 0.3) is 0 Å². The zero-order chi connectivity index (χ0) is 82.1. The van der Waals surface area contributed by atoms with E-state index in [1.807, 2.05) is 6.92 Å². The number of ether oxygens (including phenoxy) is 8. The van der Waals surface area contributed by atoms with Crippen molar-refractivity contribution in [1.82, 2.24) is 69.1 Å². The smallest absolute Gasteiger partial charge is 0.305 e. The van der Waals surface area contributed by atoms with Gasteiger partial charge in [-0.3, -0.25) is 67.7 Å². The topological polar surface area (TPSA) is 544 Å². The summed E-state index contributed by atoms with van der Waals surface area (Å²) in [6.07, 6.45) is 1.30. The molecule has 43 heteroatoms. The number of nitrogens with two attached hydrogens (primary N) is 1. The van der Waals surface area contributed by atoms with Crippen molar-refractivity contribution >= 4 is 122 Å². The molecule has 7 atom stereocenters. The van der Waals surface area contributed by atoms with Gasteiger partial charge in [0, 0.05) is 63.0 Å². The van der Waals surface area contributed by atoms with Gasteiger partial charge >= 0.3 is 5.97 Å². The lowest BCUT2D eigenvalue weighted by molar-refractivity contribution is -0.141. The second-order valence-corrected chi connectivity index (χ2v) is 28.4. The highest BCUT2D eigenvalue weighted by atomic mass is 33.1. The summed E-state index contributed by atoms with van der Waals surface area (Å²) in [4.78, 5) is 182. The summed E-state index contributed by atoms with van der Waals surface area (Å²) in [5.41, 5.74) is 6.63. The van der Waals surface area contributed by atoms with Gasteiger partial charge in [-0.2, -0.15) is 0 Å². The van der Waals surface area contributed by atoms with Crippen LogP contribution >= 0.6 is 33.3 Å². The summed E-state index contributed by atoms with van der Waals surface area (Å²) in [6.45, 7) is 4.38. The fraction of sp³-hybridized carbons (Fsp3) is 0.614. The van der Waals surface area contributed by atoms with Gasteiger partial charge < -0.3 is 123 Å². The number of rotatable bonds is 48. The Morgan fingerprint density at radius 3 is 1.58 bits per heavy atom. The normalized spacial score (nSPS) is 19.2. The molecule has 2 heterocycles. The number of amides is 12. The van der Waals surface area contributed by atoms with Crippen LogP contribution in [-0.4, -0.2) is 311 Å². The first-order valence-corrected chi connectivity index (χ1v) is 40.4. The fourth-order valence-corrected chi connectivity index (χ4v) is 13.1. The number of carbonyl (C=O) groups is 13. The summed E-state index contributed by atoms with van der Waals surface area (Å²) in [7, 11) is 1.81. The van der Waals surface area contributed by atoms with E-state index in [2.05, 4.69) is 74.3 Å². The molecule has 2 saturated heterocycles. The highest BCUT2D eigenvalue weighted by Gasteiger charge is 2.35. The summed E-state index contributed by atoms with van der Waals surface area (Å²) < 4.78 is 56.7. The van der Waals surface area contributed by atoms with Crippen LogP contribution < -0.4 is 74.9 Å². The first kappa shape index (κ1) is 96.3. The average Bonchev–Trinajstić information content (AvgIpc) is 1.35. The van der Waals surface area contributed by atoms with E-state index in [4.69, 9.17) is 53.9 Å². The van der Waals surface area contributed by atoms with Crippen molar-refractivity contribution < 1.29 is 115 Å². The van der Waals surface area contributed by atoms with Gasteiger partial charge in [-0.05, 0) is 61.8 Å². The minimum absolute atomic E-state index is 0.0151. The molecule has 2 aliphatic rings. The van der Waals surface area contributed by atoms with Gasteiger partial charge in [-0.25, -0.2) is 4.39 Å². The highest BCUT2D eigenvalue weighted by Crippen LogP contribution is 2.24. The molecular formula is C70H107FN16O23S3. The number of benzene rings is 2. The SMILES string of the molecule is CCCOCCOCCNC(=O)[C@@H]1CSCC(=O)N[C@@H](CCCCNC(=O)COCC(=O)NCCOCCOCCOCCOCCOCCNC(=O)CO/N=C/c2ccc(F)cc2)C(=O)N[C@H]2CSSC[C@H](NC(=O)[C@H](CC(=O)O)NC(=O)CNC(=O)[C@H](CCCNC(=N)N)NC2=O)C(=O)N[C@@H](Cc2ccccc2)C(=O)N1. The van der Waals surface area contributed by atoms with Crippen molar-refractivity contribution in [3.8, 4) is 0 Å². The van der Waals surface area contributed by atoms with Crippen LogP contribution in [0.5, 0.6) is 0 Å². The molecule has 39 nitrogen and oxygen atoms in total. The van der Waals surface area contributed by atoms with E-state index >= 15 is 0 Å². The molecule has 113 heavy (non-hydrogen) atoms. The van der Waals surface area contributed by atoms with Crippen LogP contribution in [-0.2, 0) is 111 Å². The van der Waals surface area contributed by atoms with Gasteiger partial charge in [-0.15, -0.1) is 11.8 Å². The molecular weight excluding hydrogens is 1550 g/mol. The molecule has 0 aromatic heterocycles. The van der Waals surface area contributed by atoms with Crippen molar-refractivity contribution in [2.24, 2.45) is 10.9 Å². The van der Waals surface area contributed by atoms with E-state index in [9.17, 15) is 71.8 Å². The monoisotopic (exact) mass is 1650 g/mol. The quantitative estimate of drug-likeness (QED) is 0.00987. The molecule has 0 spiro atoms. The Balaban J connectivity index is 1.33. The third-order valence-electron chi connectivity index (χ3n) is 15.5. The number of guanidine groups is 1. The Labute approximate surface area is 666 Å². The third-order valence-corrected chi connectivity index (χ3v) is 19.0. The molecule has 2 aliphatic heterocycles. The predicted octanol–water partition coefficient (Wildman–Crippen LogP) is -4.01. The number of carboxylic acid groups (broad SMARTS) is 1. The highest BCUT2D eigenvalue weighted by molar-refractivity contribution is 8.76. The molecule has 0 saturated carbocycles. The van der Waals surface area contributed by atoms with Gasteiger partial charge in [0.05, 0.1) is 111 Å². The maximum atomic E-state index is 14.6. The first-order valence-electron chi connectivity index (χ1n) is 36.7. The Hall–Kier alpha value is -9.05. The molecule has 0 radical (unpaired) electrons. The number of halogens is 1. The number of unbranched alkanes of at least 4 members (excludes halogenated alkanes) is 1. The molecule has 2 aromatic carbocycles. The number of hydrogen-bond acceptors (Lipinski definition) is 27. The second kappa shape index (κ2) is 59.6. The lowest BCUT2D eigenvalue weighted by atomic mass is 10.0. The Morgan fingerprint density at radius 2 is 1.01 bits per heavy atom.